The maximum Gasteiger partial charge on any atom is 0.239 e. The summed E-state index contributed by atoms with van der Waals surface area (Å²) in [5, 5.41) is 15.6. The molecule has 0 aromatic heterocycles. The van der Waals surface area contributed by atoms with Gasteiger partial charge in [0.25, 0.3) is 0 Å². The van der Waals surface area contributed by atoms with E-state index in [9.17, 15) is 14.8 Å². The van der Waals surface area contributed by atoms with E-state index in [1.165, 1.54) is 5.56 Å². The van der Waals surface area contributed by atoms with Crippen LogP contribution in [0.25, 0.3) is 0 Å². The highest BCUT2D eigenvalue weighted by molar-refractivity contribution is 6.51. The first-order valence-electron chi connectivity index (χ1n) is 8.80. The third-order valence-corrected chi connectivity index (χ3v) is 6.89. The molecule has 0 saturated heterocycles. The zero-order chi connectivity index (χ0) is 18.6. The van der Waals surface area contributed by atoms with E-state index in [0.29, 0.717) is 24.4 Å². The Labute approximate surface area is 148 Å². The van der Waals surface area contributed by atoms with Crippen LogP contribution in [0.5, 0.6) is 0 Å². The van der Waals surface area contributed by atoms with Gasteiger partial charge in [0.2, 0.25) is 5.91 Å². The van der Waals surface area contributed by atoms with Gasteiger partial charge in [-0.1, -0.05) is 51.9 Å². The summed E-state index contributed by atoms with van der Waals surface area (Å²) < 4.78 is 0. The molecule has 0 radical (unpaired) electrons. The average molecular weight is 342 g/mol. The highest BCUT2D eigenvalue weighted by Gasteiger charge is 2.76. The molecule has 2 fully saturated rings. The molecule has 0 heterocycles. The standard InChI is InChI=1S/C20H26N2O3/c1-12(2)13-6-8-14(9-7-13)21-17(24)20-11-10-19(5,18(20,3)4)15(22-25)16(20)23/h6-9,12,25H,10-11H2,1-5H3,(H,21,24). The van der Waals surface area contributed by atoms with Gasteiger partial charge in [0.1, 0.15) is 11.1 Å². The zero-order valence-corrected chi connectivity index (χ0v) is 15.5. The van der Waals surface area contributed by atoms with Crippen LogP contribution in [0, 0.1) is 16.2 Å². The molecule has 2 bridgehead atoms. The fourth-order valence-corrected chi connectivity index (χ4v) is 4.64. The molecule has 5 heteroatoms. The molecular formula is C20H26N2O3. The number of nitrogens with zero attached hydrogens (tertiary/aromatic N) is 1. The predicted molar refractivity (Wildman–Crippen MR) is 96.9 cm³/mol. The van der Waals surface area contributed by atoms with Crippen molar-refractivity contribution >= 4 is 23.1 Å². The largest absolute Gasteiger partial charge is 0.411 e. The Balaban J connectivity index is 1.95. The number of rotatable bonds is 3. The van der Waals surface area contributed by atoms with E-state index >= 15 is 0 Å². The fraction of sp³-hybridized carbons (Fsp3) is 0.550. The Morgan fingerprint density at radius 3 is 2.24 bits per heavy atom. The first-order chi connectivity index (χ1) is 11.6. The van der Waals surface area contributed by atoms with Crippen LogP contribution in [-0.4, -0.2) is 22.6 Å². The SMILES string of the molecule is CC(C)c1ccc(NC(=O)C23CCC(C)(C(=NO)C2=O)C3(C)C)cc1. The highest BCUT2D eigenvalue weighted by atomic mass is 16.4. The molecule has 0 aliphatic heterocycles. The van der Waals surface area contributed by atoms with Crippen LogP contribution >= 0.6 is 0 Å². The van der Waals surface area contributed by atoms with Gasteiger partial charge in [-0.05, 0) is 41.9 Å². The van der Waals surface area contributed by atoms with Gasteiger partial charge in [-0.3, -0.25) is 9.59 Å². The number of carbonyl (C=O) groups excluding carboxylic acids is 2. The van der Waals surface area contributed by atoms with Crippen molar-refractivity contribution in [2.24, 2.45) is 21.4 Å². The van der Waals surface area contributed by atoms with E-state index in [1.54, 1.807) is 0 Å². The maximum atomic E-state index is 13.2. The lowest BCUT2D eigenvalue weighted by Crippen LogP contribution is -2.47. The second-order valence-electron chi connectivity index (χ2n) is 8.37. The molecule has 2 aliphatic carbocycles. The van der Waals surface area contributed by atoms with Gasteiger partial charge in [0.15, 0.2) is 5.78 Å². The number of carbonyl (C=O) groups is 2. The maximum absolute atomic E-state index is 13.2. The number of benzene rings is 1. The Kier molecular flexibility index (Phi) is 3.82. The van der Waals surface area contributed by atoms with Crippen molar-refractivity contribution in [2.75, 3.05) is 5.32 Å². The number of oxime groups is 1. The summed E-state index contributed by atoms with van der Waals surface area (Å²) in [6.45, 7) is 10.00. The molecule has 2 N–H and O–H groups in total. The van der Waals surface area contributed by atoms with E-state index in [0.717, 1.165) is 0 Å². The van der Waals surface area contributed by atoms with E-state index in [1.807, 2.05) is 45.0 Å². The quantitative estimate of drug-likeness (QED) is 0.495. The molecule has 3 rings (SSSR count). The minimum Gasteiger partial charge on any atom is -0.411 e. The highest BCUT2D eigenvalue weighted by Crippen LogP contribution is 2.69. The first kappa shape index (κ1) is 17.6. The molecule has 0 spiro atoms. The molecule has 2 aliphatic rings. The lowest BCUT2D eigenvalue weighted by atomic mass is 9.64. The lowest BCUT2D eigenvalue weighted by Gasteiger charge is -2.37. The van der Waals surface area contributed by atoms with Gasteiger partial charge in [-0.15, -0.1) is 0 Å². The number of anilines is 1. The molecule has 25 heavy (non-hydrogen) atoms. The van der Waals surface area contributed by atoms with E-state index in [2.05, 4.69) is 24.3 Å². The van der Waals surface area contributed by atoms with E-state index in [4.69, 9.17) is 0 Å². The van der Waals surface area contributed by atoms with Gasteiger partial charge in [-0.25, -0.2) is 0 Å². The third kappa shape index (κ3) is 2.04. The zero-order valence-electron chi connectivity index (χ0n) is 15.5. The monoisotopic (exact) mass is 342 g/mol. The topological polar surface area (TPSA) is 78.8 Å². The number of fused-ring (bicyclic) bond motifs is 2. The van der Waals surface area contributed by atoms with E-state index in [-0.39, 0.29) is 17.4 Å². The second kappa shape index (κ2) is 5.41. The number of nitrogens with one attached hydrogen (secondary N) is 1. The van der Waals surface area contributed by atoms with Gasteiger partial charge in [0.05, 0.1) is 0 Å². The van der Waals surface area contributed by atoms with E-state index < -0.39 is 16.2 Å². The van der Waals surface area contributed by atoms with Crippen molar-refractivity contribution in [2.45, 2.75) is 53.4 Å². The van der Waals surface area contributed by atoms with Gasteiger partial charge >= 0.3 is 0 Å². The van der Waals surface area contributed by atoms with Crippen LogP contribution in [-0.2, 0) is 9.59 Å². The average Bonchev–Trinajstić information content (AvgIpc) is 2.83. The minimum atomic E-state index is -1.18. The predicted octanol–water partition coefficient (Wildman–Crippen LogP) is 3.97. The van der Waals surface area contributed by atoms with Crippen LogP contribution < -0.4 is 5.32 Å². The molecule has 1 amide bonds. The van der Waals surface area contributed by atoms with Gasteiger partial charge in [0, 0.05) is 11.1 Å². The number of amides is 1. The van der Waals surface area contributed by atoms with Crippen LogP contribution in [0.15, 0.2) is 29.4 Å². The number of hydrogen-bond acceptors (Lipinski definition) is 4. The first-order valence-corrected chi connectivity index (χ1v) is 8.80. The second-order valence-corrected chi connectivity index (χ2v) is 8.37. The van der Waals surface area contributed by atoms with Crippen molar-refractivity contribution in [1.82, 2.24) is 0 Å². The Morgan fingerprint density at radius 1 is 1.16 bits per heavy atom. The summed E-state index contributed by atoms with van der Waals surface area (Å²) in [6, 6.07) is 7.70. The van der Waals surface area contributed by atoms with Gasteiger partial charge in [-0.2, -0.15) is 0 Å². The van der Waals surface area contributed by atoms with Gasteiger partial charge < -0.3 is 10.5 Å². The summed E-state index contributed by atoms with van der Waals surface area (Å²) in [5.74, 6) is -0.232. The number of ketones is 1. The van der Waals surface area contributed by atoms with Crippen LogP contribution in [0.4, 0.5) is 5.69 Å². The normalized spacial score (nSPS) is 31.8. The molecule has 1 aromatic carbocycles. The summed E-state index contributed by atoms with van der Waals surface area (Å²) in [4.78, 5) is 26.1. The smallest absolute Gasteiger partial charge is 0.239 e. The van der Waals surface area contributed by atoms with Crippen LogP contribution in [0.2, 0.25) is 0 Å². The number of hydrogen-bond donors (Lipinski definition) is 2. The van der Waals surface area contributed by atoms with Crippen molar-refractivity contribution in [3.8, 4) is 0 Å². The van der Waals surface area contributed by atoms with Crippen molar-refractivity contribution in [3.05, 3.63) is 29.8 Å². The Bertz CT molecular complexity index is 764. The summed E-state index contributed by atoms with van der Waals surface area (Å²) in [5.41, 5.74) is -0.376. The van der Waals surface area contributed by atoms with Crippen LogP contribution in [0.1, 0.15) is 58.9 Å². The van der Waals surface area contributed by atoms with Crippen molar-refractivity contribution in [1.29, 1.82) is 0 Å². The van der Waals surface area contributed by atoms with Crippen molar-refractivity contribution in [3.63, 3.8) is 0 Å². The summed E-state index contributed by atoms with van der Waals surface area (Å²) in [6.07, 6.45) is 1.13. The molecular weight excluding hydrogens is 316 g/mol. The summed E-state index contributed by atoms with van der Waals surface area (Å²) >= 11 is 0. The molecule has 2 unspecified atom stereocenters. The van der Waals surface area contributed by atoms with Crippen LogP contribution in [0.3, 0.4) is 0 Å². The summed E-state index contributed by atoms with van der Waals surface area (Å²) in [7, 11) is 0. The third-order valence-electron chi connectivity index (χ3n) is 6.89. The molecule has 134 valence electrons. The lowest BCUT2D eigenvalue weighted by molar-refractivity contribution is -0.140. The number of Topliss-reactive ketones (excluding diaryl/α,β-unsaturated/α-hetero) is 1. The molecule has 1 aromatic rings. The Hall–Kier alpha value is -2.17. The molecule has 2 atom stereocenters. The molecule has 5 nitrogen and oxygen atoms in total. The minimum absolute atomic E-state index is 0.133. The van der Waals surface area contributed by atoms with Crippen molar-refractivity contribution < 1.29 is 14.8 Å². The Morgan fingerprint density at radius 2 is 1.76 bits per heavy atom. The fourth-order valence-electron chi connectivity index (χ4n) is 4.64. The molecule has 2 saturated carbocycles.